The molecule has 1 fully saturated rings. The molecule has 1 N–H and O–H groups in total. The number of nitrogens with zero attached hydrogens (tertiary/aromatic N) is 1. The van der Waals surface area contributed by atoms with Crippen molar-refractivity contribution in [3.05, 3.63) is 23.8 Å². The maximum atomic E-state index is 9.47. The summed E-state index contributed by atoms with van der Waals surface area (Å²) in [5, 5.41) is 13.8. The number of benzene rings is 1. The van der Waals surface area contributed by atoms with Crippen molar-refractivity contribution in [2.75, 3.05) is 17.3 Å². The van der Waals surface area contributed by atoms with Crippen LogP contribution in [0.15, 0.2) is 23.1 Å². The summed E-state index contributed by atoms with van der Waals surface area (Å²) >= 11 is 3.69. The maximum absolute atomic E-state index is 9.47. The standard InChI is InChI=1S/C16H22N2S2/c1-3-20-15-10-6-8-13(12(15)11-17)18-14-7-4-5-9-16(14)19-2/h6,8,10,14,16,18H,3-5,7,9H2,1-2H3. The molecule has 0 amide bonds. The van der Waals surface area contributed by atoms with Gasteiger partial charge in [-0.1, -0.05) is 25.8 Å². The van der Waals surface area contributed by atoms with Gasteiger partial charge in [-0.3, -0.25) is 0 Å². The molecule has 0 aliphatic heterocycles. The lowest BCUT2D eigenvalue weighted by Crippen LogP contribution is -2.34. The number of anilines is 1. The number of rotatable bonds is 5. The van der Waals surface area contributed by atoms with E-state index in [1.54, 1.807) is 11.8 Å². The molecule has 0 spiro atoms. The van der Waals surface area contributed by atoms with Crippen molar-refractivity contribution < 1.29 is 0 Å². The molecular formula is C16H22N2S2. The average Bonchev–Trinajstić information content (AvgIpc) is 2.48. The fourth-order valence-corrected chi connectivity index (χ4v) is 4.51. The van der Waals surface area contributed by atoms with Crippen LogP contribution < -0.4 is 5.32 Å². The normalized spacial score (nSPS) is 22.2. The first-order chi connectivity index (χ1) is 9.80. The molecule has 1 aromatic carbocycles. The Morgan fingerprint density at radius 3 is 2.85 bits per heavy atom. The fraction of sp³-hybridized carbons (Fsp3) is 0.562. The molecule has 0 heterocycles. The van der Waals surface area contributed by atoms with Crippen LogP contribution in [0.2, 0.25) is 0 Å². The Bertz CT molecular complexity index is 482. The summed E-state index contributed by atoms with van der Waals surface area (Å²) < 4.78 is 0. The Hall–Kier alpha value is -0.790. The van der Waals surface area contributed by atoms with Crippen molar-refractivity contribution >= 4 is 29.2 Å². The van der Waals surface area contributed by atoms with Gasteiger partial charge in [0, 0.05) is 16.2 Å². The lowest BCUT2D eigenvalue weighted by molar-refractivity contribution is 0.475. The molecule has 0 aromatic heterocycles. The summed E-state index contributed by atoms with van der Waals surface area (Å²) in [5.41, 5.74) is 1.82. The van der Waals surface area contributed by atoms with E-state index in [2.05, 4.69) is 30.6 Å². The predicted molar refractivity (Wildman–Crippen MR) is 90.7 cm³/mol. The second-order valence-electron chi connectivity index (χ2n) is 5.03. The topological polar surface area (TPSA) is 35.8 Å². The first-order valence-corrected chi connectivity index (χ1v) is 9.52. The van der Waals surface area contributed by atoms with E-state index in [1.807, 2.05) is 23.9 Å². The molecule has 2 unspecified atom stereocenters. The predicted octanol–water partition coefficient (Wildman–Crippen LogP) is 4.76. The van der Waals surface area contributed by atoms with Crippen molar-refractivity contribution in [3.8, 4) is 6.07 Å². The largest absolute Gasteiger partial charge is 0.380 e. The summed E-state index contributed by atoms with van der Waals surface area (Å²) in [6, 6.07) is 9.02. The van der Waals surface area contributed by atoms with Crippen LogP contribution in [0.1, 0.15) is 38.2 Å². The highest BCUT2D eigenvalue weighted by atomic mass is 32.2. The zero-order valence-corrected chi connectivity index (χ0v) is 13.8. The van der Waals surface area contributed by atoms with Gasteiger partial charge in [0.05, 0.1) is 11.3 Å². The molecule has 0 saturated heterocycles. The Morgan fingerprint density at radius 2 is 2.15 bits per heavy atom. The van der Waals surface area contributed by atoms with Crippen LogP contribution >= 0.6 is 23.5 Å². The number of nitrogens with one attached hydrogen (secondary N) is 1. The molecule has 0 bridgehead atoms. The molecule has 0 radical (unpaired) electrons. The van der Waals surface area contributed by atoms with E-state index in [4.69, 9.17) is 0 Å². The van der Waals surface area contributed by atoms with Crippen LogP contribution in [0.5, 0.6) is 0 Å². The van der Waals surface area contributed by atoms with E-state index in [0.717, 1.165) is 21.9 Å². The van der Waals surface area contributed by atoms with E-state index >= 15 is 0 Å². The van der Waals surface area contributed by atoms with Crippen LogP contribution in [-0.4, -0.2) is 23.3 Å². The van der Waals surface area contributed by atoms with E-state index in [1.165, 1.54) is 25.7 Å². The van der Waals surface area contributed by atoms with Gasteiger partial charge in [-0.2, -0.15) is 17.0 Å². The molecule has 20 heavy (non-hydrogen) atoms. The van der Waals surface area contributed by atoms with Gasteiger partial charge < -0.3 is 5.32 Å². The lowest BCUT2D eigenvalue weighted by atomic mass is 9.94. The Labute approximate surface area is 130 Å². The molecule has 4 heteroatoms. The third-order valence-electron chi connectivity index (χ3n) is 3.78. The molecule has 2 atom stereocenters. The first-order valence-electron chi connectivity index (χ1n) is 7.25. The summed E-state index contributed by atoms with van der Waals surface area (Å²) in [7, 11) is 0. The Balaban J connectivity index is 2.20. The Kier molecular flexibility index (Phi) is 6.12. The number of thioether (sulfide) groups is 2. The van der Waals surface area contributed by atoms with Crippen molar-refractivity contribution in [3.63, 3.8) is 0 Å². The lowest BCUT2D eigenvalue weighted by Gasteiger charge is -2.32. The zero-order valence-electron chi connectivity index (χ0n) is 12.2. The van der Waals surface area contributed by atoms with E-state index in [0.29, 0.717) is 11.3 Å². The van der Waals surface area contributed by atoms with E-state index < -0.39 is 0 Å². The molecule has 1 aliphatic rings. The molecular weight excluding hydrogens is 284 g/mol. The SMILES string of the molecule is CCSc1cccc(NC2CCCCC2SC)c1C#N. The van der Waals surface area contributed by atoms with Crippen LogP contribution in [0, 0.1) is 11.3 Å². The third kappa shape index (κ3) is 3.65. The molecule has 1 aromatic rings. The van der Waals surface area contributed by atoms with Crippen molar-refractivity contribution in [2.45, 2.75) is 48.8 Å². The molecule has 2 nitrogen and oxygen atoms in total. The van der Waals surface area contributed by atoms with Gasteiger partial charge in [-0.15, -0.1) is 11.8 Å². The average molecular weight is 306 g/mol. The van der Waals surface area contributed by atoms with Gasteiger partial charge in [0.1, 0.15) is 6.07 Å². The molecule has 108 valence electrons. The van der Waals surface area contributed by atoms with Crippen LogP contribution in [-0.2, 0) is 0 Å². The minimum Gasteiger partial charge on any atom is -0.380 e. The summed E-state index contributed by atoms with van der Waals surface area (Å²) in [6.07, 6.45) is 7.31. The zero-order chi connectivity index (χ0) is 14.4. The minimum atomic E-state index is 0.493. The summed E-state index contributed by atoms with van der Waals surface area (Å²) in [6.45, 7) is 2.12. The minimum absolute atomic E-state index is 0.493. The highest BCUT2D eigenvalue weighted by Crippen LogP contribution is 2.33. The molecule has 1 aliphatic carbocycles. The quantitative estimate of drug-likeness (QED) is 0.796. The second kappa shape index (κ2) is 7.85. The molecule has 1 saturated carbocycles. The van der Waals surface area contributed by atoms with Gasteiger partial charge in [-0.25, -0.2) is 0 Å². The van der Waals surface area contributed by atoms with Gasteiger partial charge in [-0.05, 0) is 37.0 Å². The summed E-state index contributed by atoms with van der Waals surface area (Å²) in [5.74, 6) is 0.995. The van der Waals surface area contributed by atoms with Gasteiger partial charge in [0.15, 0.2) is 0 Å². The highest BCUT2D eigenvalue weighted by molar-refractivity contribution is 7.99. The Morgan fingerprint density at radius 1 is 1.35 bits per heavy atom. The number of hydrogen-bond donors (Lipinski definition) is 1. The summed E-state index contributed by atoms with van der Waals surface area (Å²) in [4.78, 5) is 1.09. The molecule has 2 rings (SSSR count). The van der Waals surface area contributed by atoms with Crippen molar-refractivity contribution in [1.82, 2.24) is 0 Å². The number of hydrogen-bond acceptors (Lipinski definition) is 4. The first kappa shape index (κ1) is 15.6. The van der Waals surface area contributed by atoms with Crippen LogP contribution in [0.4, 0.5) is 5.69 Å². The highest BCUT2D eigenvalue weighted by Gasteiger charge is 2.25. The van der Waals surface area contributed by atoms with E-state index in [9.17, 15) is 5.26 Å². The van der Waals surface area contributed by atoms with Crippen molar-refractivity contribution in [1.29, 1.82) is 5.26 Å². The third-order valence-corrected chi connectivity index (χ3v) is 5.89. The van der Waals surface area contributed by atoms with Crippen LogP contribution in [0.3, 0.4) is 0 Å². The van der Waals surface area contributed by atoms with E-state index in [-0.39, 0.29) is 0 Å². The monoisotopic (exact) mass is 306 g/mol. The second-order valence-corrected chi connectivity index (χ2v) is 7.42. The van der Waals surface area contributed by atoms with Crippen molar-refractivity contribution in [2.24, 2.45) is 0 Å². The van der Waals surface area contributed by atoms with Gasteiger partial charge in [0.2, 0.25) is 0 Å². The number of nitriles is 1. The maximum Gasteiger partial charge on any atom is 0.102 e. The van der Waals surface area contributed by atoms with Gasteiger partial charge in [0.25, 0.3) is 0 Å². The fourth-order valence-electron chi connectivity index (χ4n) is 2.79. The smallest absolute Gasteiger partial charge is 0.102 e. The van der Waals surface area contributed by atoms with Crippen LogP contribution in [0.25, 0.3) is 0 Å². The van der Waals surface area contributed by atoms with Gasteiger partial charge >= 0.3 is 0 Å².